The molecule has 0 atom stereocenters. The summed E-state index contributed by atoms with van der Waals surface area (Å²) in [7, 11) is 0. The topological polar surface area (TPSA) is 6.48 Å². The summed E-state index contributed by atoms with van der Waals surface area (Å²) in [4.78, 5) is 4.83. The first kappa shape index (κ1) is 30.6. The van der Waals surface area contributed by atoms with Crippen LogP contribution in [0.4, 0.5) is 34.1 Å². The van der Waals surface area contributed by atoms with Crippen molar-refractivity contribution in [2.45, 2.75) is 58.8 Å². The van der Waals surface area contributed by atoms with Crippen molar-refractivity contribution in [3.63, 3.8) is 0 Å². The quantitative estimate of drug-likeness (QED) is 0.152. The van der Waals surface area contributed by atoms with Crippen LogP contribution >= 0.6 is 0 Å². The third kappa shape index (κ3) is 5.63. The van der Waals surface area contributed by atoms with Crippen LogP contribution < -0.4 is 9.80 Å². The average Bonchev–Trinajstić information content (AvgIpc) is 3.34. The number of hydrogen-bond donors (Lipinski definition) is 0. The van der Waals surface area contributed by atoms with Gasteiger partial charge in [0, 0.05) is 39.5 Å². The van der Waals surface area contributed by atoms with Gasteiger partial charge < -0.3 is 9.80 Å². The lowest BCUT2D eigenvalue weighted by Gasteiger charge is -2.34. The van der Waals surface area contributed by atoms with Crippen LogP contribution in [-0.2, 0) is 5.41 Å². The van der Waals surface area contributed by atoms with Crippen molar-refractivity contribution in [2.24, 2.45) is 0 Å². The van der Waals surface area contributed by atoms with E-state index >= 15 is 0 Å². The second kappa shape index (κ2) is 13.0. The van der Waals surface area contributed by atoms with Gasteiger partial charge in [-0.2, -0.15) is 0 Å². The lowest BCUT2D eigenvalue weighted by molar-refractivity contribution is 0.436. The molecule has 0 spiro atoms. The molecule has 1 aliphatic carbocycles. The minimum atomic E-state index is -0.0654. The Kier molecular flexibility index (Phi) is 8.43. The fraction of sp³-hybridized carbons (Fsp3) is 0.200. The van der Waals surface area contributed by atoms with E-state index in [4.69, 9.17) is 0 Å². The molecule has 0 amide bonds. The molecule has 0 aromatic heterocycles. The Morgan fingerprint density at radius 1 is 0.404 bits per heavy atom. The van der Waals surface area contributed by atoms with Gasteiger partial charge in [0.2, 0.25) is 0 Å². The van der Waals surface area contributed by atoms with Crippen molar-refractivity contribution in [2.75, 3.05) is 9.80 Å². The Labute approximate surface area is 281 Å². The molecular formula is C45H44N2. The Morgan fingerprint density at radius 3 is 1.17 bits per heavy atom. The third-order valence-corrected chi connectivity index (χ3v) is 9.75. The second-order valence-electron chi connectivity index (χ2n) is 13.1. The average molecular weight is 613 g/mol. The van der Waals surface area contributed by atoms with Crippen molar-refractivity contribution in [3.05, 3.63) is 168 Å². The Balaban J connectivity index is 1.42. The maximum atomic E-state index is 2.51. The highest BCUT2D eigenvalue weighted by molar-refractivity contribution is 5.88. The van der Waals surface area contributed by atoms with Crippen LogP contribution in [0.25, 0.3) is 11.1 Å². The molecule has 0 radical (unpaired) electrons. The highest BCUT2D eigenvalue weighted by atomic mass is 15.1. The van der Waals surface area contributed by atoms with Crippen molar-refractivity contribution in [3.8, 4) is 11.1 Å². The number of para-hydroxylation sites is 2. The number of fused-ring (bicyclic) bond motifs is 3. The molecule has 0 aliphatic heterocycles. The van der Waals surface area contributed by atoms with E-state index < -0.39 is 0 Å². The zero-order valence-electron chi connectivity index (χ0n) is 28.1. The molecule has 2 nitrogen and oxygen atoms in total. The number of benzene rings is 6. The number of nitrogens with zero attached hydrogens (tertiary/aromatic N) is 2. The van der Waals surface area contributed by atoms with Crippen molar-refractivity contribution in [1.82, 2.24) is 0 Å². The molecule has 6 aromatic rings. The first-order valence-corrected chi connectivity index (χ1v) is 17.2. The van der Waals surface area contributed by atoms with E-state index in [1.807, 2.05) is 0 Å². The SMILES string of the molecule is CCCC1(CCC)c2cc(N(c3ccccc3)c3cccc(C)c3)ccc2-c2ccc(N(c3ccccc3)c3cccc(C)c3)cc21. The van der Waals surface area contributed by atoms with Crippen LogP contribution in [0, 0.1) is 13.8 Å². The van der Waals surface area contributed by atoms with Gasteiger partial charge in [0.1, 0.15) is 0 Å². The van der Waals surface area contributed by atoms with Crippen LogP contribution in [-0.4, -0.2) is 0 Å². The van der Waals surface area contributed by atoms with E-state index in [9.17, 15) is 0 Å². The number of hydrogen-bond acceptors (Lipinski definition) is 2. The molecule has 0 bridgehead atoms. The van der Waals surface area contributed by atoms with Crippen LogP contribution in [0.5, 0.6) is 0 Å². The van der Waals surface area contributed by atoms with Gasteiger partial charge in [-0.25, -0.2) is 0 Å². The Morgan fingerprint density at radius 2 is 0.787 bits per heavy atom. The van der Waals surface area contributed by atoms with Gasteiger partial charge in [0.25, 0.3) is 0 Å². The van der Waals surface area contributed by atoms with Gasteiger partial charge in [-0.3, -0.25) is 0 Å². The lowest BCUT2D eigenvalue weighted by Crippen LogP contribution is -2.25. The summed E-state index contributed by atoms with van der Waals surface area (Å²) >= 11 is 0. The fourth-order valence-electron chi connectivity index (χ4n) is 7.85. The van der Waals surface area contributed by atoms with Gasteiger partial charge in [-0.15, -0.1) is 0 Å². The summed E-state index contributed by atoms with van der Waals surface area (Å²) in [6.07, 6.45) is 4.46. The van der Waals surface area contributed by atoms with E-state index in [0.717, 1.165) is 25.7 Å². The predicted molar refractivity (Wildman–Crippen MR) is 201 cm³/mol. The molecule has 7 rings (SSSR count). The van der Waals surface area contributed by atoms with Gasteiger partial charge in [0.15, 0.2) is 0 Å². The molecule has 0 unspecified atom stereocenters. The van der Waals surface area contributed by atoms with E-state index in [-0.39, 0.29) is 5.41 Å². The summed E-state index contributed by atoms with van der Waals surface area (Å²) in [5.41, 5.74) is 15.2. The normalized spacial score (nSPS) is 12.8. The monoisotopic (exact) mass is 612 g/mol. The van der Waals surface area contributed by atoms with Crippen LogP contribution in [0.2, 0.25) is 0 Å². The molecule has 1 aliphatic rings. The number of rotatable bonds is 10. The van der Waals surface area contributed by atoms with Crippen LogP contribution in [0.15, 0.2) is 146 Å². The molecule has 234 valence electrons. The second-order valence-corrected chi connectivity index (χ2v) is 13.1. The van der Waals surface area contributed by atoms with Crippen LogP contribution in [0.1, 0.15) is 61.8 Å². The molecule has 2 heteroatoms. The molecular weight excluding hydrogens is 569 g/mol. The molecule has 6 aromatic carbocycles. The highest BCUT2D eigenvalue weighted by Crippen LogP contribution is 2.56. The number of aryl methyl sites for hydroxylation is 2. The largest absolute Gasteiger partial charge is 0.310 e. The fourth-order valence-corrected chi connectivity index (χ4v) is 7.85. The summed E-state index contributed by atoms with van der Waals surface area (Å²) < 4.78 is 0. The Hall–Kier alpha value is -5.08. The first-order chi connectivity index (χ1) is 23.0. The van der Waals surface area contributed by atoms with E-state index in [1.165, 1.54) is 67.5 Å². The van der Waals surface area contributed by atoms with E-state index in [0.29, 0.717) is 0 Å². The van der Waals surface area contributed by atoms with Gasteiger partial charge >= 0.3 is 0 Å². The molecule has 0 fully saturated rings. The van der Waals surface area contributed by atoms with Crippen molar-refractivity contribution < 1.29 is 0 Å². The van der Waals surface area contributed by atoms with Gasteiger partial charge in [-0.05, 0) is 133 Å². The summed E-state index contributed by atoms with van der Waals surface area (Å²) in [6.45, 7) is 9.03. The van der Waals surface area contributed by atoms with Gasteiger partial charge in [0.05, 0.1) is 0 Å². The molecule has 0 saturated heterocycles. The first-order valence-electron chi connectivity index (χ1n) is 17.2. The minimum Gasteiger partial charge on any atom is -0.310 e. The Bertz CT molecular complexity index is 1850. The van der Waals surface area contributed by atoms with Crippen molar-refractivity contribution in [1.29, 1.82) is 0 Å². The molecule has 0 saturated carbocycles. The minimum absolute atomic E-state index is 0.0654. The third-order valence-electron chi connectivity index (χ3n) is 9.75. The summed E-state index contributed by atoms with van der Waals surface area (Å²) in [5, 5.41) is 0. The highest BCUT2D eigenvalue weighted by Gasteiger charge is 2.42. The molecule has 0 N–H and O–H groups in total. The predicted octanol–water partition coefficient (Wildman–Crippen LogP) is 13.1. The smallest absolute Gasteiger partial charge is 0.0465 e. The maximum absolute atomic E-state index is 2.51. The number of anilines is 6. The maximum Gasteiger partial charge on any atom is 0.0465 e. The van der Waals surface area contributed by atoms with Crippen molar-refractivity contribution >= 4 is 34.1 Å². The van der Waals surface area contributed by atoms with E-state index in [2.05, 4.69) is 183 Å². The van der Waals surface area contributed by atoms with Crippen LogP contribution in [0.3, 0.4) is 0 Å². The summed E-state index contributed by atoms with van der Waals surface area (Å²) in [5.74, 6) is 0. The van der Waals surface area contributed by atoms with E-state index in [1.54, 1.807) is 0 Å². The standard InChI is InChI=1S/C45H44N2/c1-5-27-45(28-6-2)43-31-39(46(35-17-9-7-10-18-35)37-21-13-15-33(3)29-37)23-25-41(43)42-26-24-40(32-44(42)45)47(36-19-11-8-12-20-36)38-22-14-16-34(4)30-38/h7-26,29-32H,5-6,27-28H2,1-4H3. The zero-order valence-corrected chi connectivity index (χ0v) is 28.1. The summed E-state index contributed by atoms with van der Waals surface area (Å²) in [6, 6.07) is 53.7. The lowest BCUT2D eigenvalue weighted by atomic mass is 9.71. The van der Waals surface area contributed by atoms with Gasteiger partial charge in [-0.1, -0.05) is 99.5 Å². The molecule has 47 heavy (non-hydrogen) atoms. The zero-order chi connectivity index (χ0) is 32.4. The molecule has 0 heterocycles.